The van der Waals surface area contributed by atoms with Crippen LogP contribution in [0.3, 0.4) is 0 Å². The van der Waals surface area contributed by atoms with E-state index in [2.05, 4.69) is 4.98 Å². The Morgan fingerprint density at radius 3 is 2.50 bits per heavy atom. The molecule has 1 rings (SSSR count). The highest BCUT2D eigenvalue weighted by molar-refractivity contribution is 5.88. The maximum absolute atomic E-state index is 12.4. The number of nitrogens with zero attached hydrogens (tertiary/aromatic N) is 2. The first-order chi connectivity index (χ1) is 7.29. The molecule has 1 N–H and O–H groups in total. The molecule has 0 bridgehead atoms. The van der Waals surface area contributed by atoms with Gasteiger partial charge in [-0.25, -0.2) is 9.78 Å². The topological polar surface area (TPSA) is 72.2 Å². The van der Waals surface area contributed by atoms with E-state index in [1.54, 1.807) is 0 Å². The van der Waals surface area contributed by atoms with Crippen LogP contribution in [-0.2, 0) is 12.7 Å². The molecule has 0 radical (unpaired) electrons. The number of hydrogen-bond acceptors (Lipinski definition) is 3. The summed E-state index contributed by atoms with van der Waals surface area (Å²) in [4.78, 5) is 24.9. The van der Waals surface area contributed by atoms with Gasteiger partial charge in [0.2, 0.25) is 0 Å². The van der Waals surface area contributed by atoms with E-state index in [1.807, 2.05) is 0 Å². The van der Waals surface area contributed by atoms with Crippen molar-refractivity contribution in [3.8, 4) is 0 Å². The fourth-order valence-corrected chi connectivity index (χ4v) is 1.12. The minimum Gasteiger partial charge on any atom is -0.477 e. The molecule has 1 aromatic rings. The third-order valence-electron chi connectivity index (χ3n) is 1.86. The zero-order chi connectivity index (χ0) is 12.5. The minimum absolute atomic E-state index is 0.0459. The molecule has 1 aromatic heterocycles. The molecule has 5 nitrogen and oxygen atoms in total. The largest absolute Gasteiger partial charge is 0.477 e. The van der Waals surface area contributed by atoms with Gasteiger partial charge in [0.25, 0.3) is 5.56 Å². The molecule has 88 valence electrons. The van der Waals surface area contributed by atoms with Crippen LogP contribution >= 0.6 is 0 Å². The number of aromatic nitrogens is 2. The van der Waals surface area contributed by atoms with E-state index in [0.717, 1.165) is 4.57 Å². The zero-order valence-electron chi connectivity index (χ0n) is 8.08. The average Bonchev–Trinajstić information content (AvgIpc) is 2.15. The van der Waals surface area contributed by atoms with Gasteiger partial charge in [0.15, 0.2) is 11.3 Å². The summed E-state index contributed by atoms with van der Waals surface area (Å²) in [6, 6.07) is 0. The number of aromatic carboxylic acids is 1. The molecule has 0 aliphatic carbocycles. The number of rotatable bonds is 2. The standard InChI is InChI=1S/C8H7F3N2O3/c1-2-13-3-12-5(8(9,10)11)4(6(13)14)7(15)16/h3H,2H2,1H3,(H,15,16). The van der Waals surface area contributed by atoms with Gasteiger partial charge in [-0.05, 0) is 6.92 Å². The summed E-state index contributed by atoms with van der Waals surface area (Å²) in [7, 11) is 0. The Morgan fingerprint density at radius 2 is 2.12 bits per heavy atom. The molecule has 0 aromatic carbocycles. The number of carboxylic acids is 1. The molecule has 0 atom stereocenters. The van der Waals surface area contributed by atoms with Gasteiger partial charge >= 0.3 is 12.1 Å². The number of carboxylic acid groups (broad SMARTS) is 1. The fraction of sp³-hybridized carbons (Fsp3) is 0.375. The van der Waals surface area contributed by atoms with Crippen molar-refractivity contribution < 1.29 is 23.1 Å². The van der Waals surface area contributed by atoms with Gasteiger partial charge in [-0.15, -0.1) is 0 Å². The van der Waals surface area contributed by atoms with E-state index >= 15 is 0 Å². The van der Waals surface area contributed by atoms with E-state index in [-0.39, 0.29) is 6.54 Å². The number of hydrogen-bond donors (Lipinski definition) is 1. The maximum Gasteiger partial charge on any atom is 0.434 e. The lowest BCUT2D eigenvalue weighted by Crippen LogP contribution is -2.31. The third-order valence-corrected chi connectivity index (χ3v) is 1.86. The van der Waals surface area contributed by atoms with Crippen LogP contribution in [0.2, 0.25) is 0 Å². The smallest absolute Gasteiger partial charge is 0.434 e. The number of aryl methyl sites for hydroxylation is 1. The summed E-state index contributed by atoms with van der Waals surface area (Å²) in [6.45, 7) is 1.53. The monoisotopic (exact) mass is 236 g/mol. The summed E-state index contributed by atoms with van der Waals surface area (Å²) in [6.07, 6.45) is -4.28. The Kier molecular flexibility index (Phi) is 3.02. The second kappa shape index (κ2) is 3.95. The highest BCUT2D eigenvalue weighted by atomic mass is 19.4. The Hall–Kier alpha value is -1.86. The number of carbonyl (C=O) groups is 1. The molecular weight excluding hydrogens is 229 g/mol. The fourth-order valence-electron chi connectivity index (χ4n) is 1.12. The lowest BCUT2D eigenvalue weighted by molar-refractivity contribution is -0.142. The second-order valence-corrected chi connectivity index (χ2v) is 2.86. The highest BCUT2D eigenvalue weighted by Gasteiger charge is 2.39. The van der Waals surface area contributed by atoms with E-state index in [4.69, 9.17) is 5.11 Å². The summed E-state index contributed by atoms with van der Waals surface area (Å²) in [5.74, 6) is -1.94. The first-order valence-electron chi connectivity index (χ1n) is 4.19. The Bertz CT molecular complexity index is 478. The van der Waals surface area contributed by atoms with Crippen molar-refractivity contribution in [2.45, 2.75) is 19.6 Å². The van der Waals surface area contributed by atoms with Crippen LogP contribution in [-0.4, -0.2) is 20.6 Å². The first-order valence-corrected chi connectivity index (χ1v) is 4.19. The summed E-state index contributed by atoms with van der Waals surface area (Å²) in [5.41, 5.74) is -4.23. The van der Waals surface area contributed by atoms with Crippen LogP contribution in [0.25, 0.3) is 0 Å². The Labute approximate surface area is 87.2 Å². The molecule has 0 amide bonds. The van der Waals surface area contributed by atoms with Crippen molar-refractivity contribution in [1.29, 1.82) is 0 Å². The zero-order valence-corrected chi connectivity index (χ0v) is 8.08. The van der Waals surface area contributed by atoms with Crippen molar-refractivity contribution in [3.63, 3.8) is 0 Å². The molecule has 16 heavy (non-hydrogen) atoms. The van der Waals surface area contributed by atoms with Gasteiger partial charge in [0.05, 0.1) is 6.33 Å². The average molecular weight is 236 g/mol. The van der Waals surface area contributed by atoms with Gasteiger partial charge in [0, 0.05) is 6.54 Å². The van der Waals surface area contributed by atoms with E-state index in [9.17, 15) is 22.8 Å². The van der Waals surface area contributed by atoms with Crippen LogP contribution in [0, 0.1) is 0 Å². The molecule has 0 aliphatic heterocycles. The molecule has 0 unspecified atom stereocenters. The van der Waals surface area contributed by atoms with Crippen molar-refractivity contribution in [3.05, 3.63) is 27.9 Å². The predicted octanol–water partition coefficient (Wildman–Crippen LogP) is 0.980. The van der Waals surface area contributed by atoms with Crippen LogP contribution < -0.4 is 5.56 Å². The van der Waals surface area contributed by atoms with Crippen LogP contribution in [0.5, 0.6) is 0 Å². The molecule has 0 saturated heterocycles. The van der Waals surface area contributed by atoms with Crippen molar-refractivity contribution in [2.24, 2.45) is 0 Å². The summed E-state index contributed by atoms with van der Waals surface area (Å²) in [5, 5.41) is 8.58. The number of alkyl halides is 3. The quantitative estimate of drug-likeness (QED) is 0.830. The molecule has 0 aliphatic rings. The van der Waals surface area contributed by atoms with Crippen molar-refractivity contribution in [1.82, 2.24) is 9.55 Å². The maximum atomic E-state index is 12.4. The highest BCUT2D eigenvalue weighted by Crippen LogP contribution is 2.28. The molecule has 0 fully saturated rings. The molecular formula is C8H7F3N2O3. The van der Waals surface area contributed by atoms with E-state index in [1.165, 1.54) is 6.92 Å². The third kappa shape index (κ3) is 2.05. The minimum atomic E-state index is -4.96. The lowest BCUT2D eigenvalue weighted by atomic mass is 10.2. The van der Waals surface area contributed by atoms with Crippen LogP contribution in [0.15, 0.2) is 11.1 Å². The van der Waals surface area contributed by atoms with Gasteiger partial charge in [0.1, 0.15) is 0 Å². The number of halogens is 3. The van der Waals surface area contributed by atoms with Gasteiger partial charge < -0.3 is 5.11 Å². The van der Waals surface area contributed by atoms with E-state index < -0.39 is 29.0 Å². The van der Waals surface area contributed by atoms with Gasteiger partial charge in [-0.2, -0.15) is 13.2 Å². The predicted molar refractivity (Wildman–Crippen MR) is 46.1 cm³/mol. The SMILES string of the molecule is CCn1cnc(C(F)(F)F)c(C(=O)O)c1=O. The molecule has 8 heteroatoms. The van der Waals surface area contributed by atoms with Crippen LogP contribution in [0.4, 0.5) is 13.2 Å². The Morgan fingerprint density at radius 1 is 1.56 bits per heavy atom. The molecule has 0 saturated carbocycles. The molecule has 1 heterocycles. The van der Waals surface area contributed by atoms with Crippen molar-refractivity contribution in [2.75, 3.05) is 0 Å². The lowest BCUT2D eigenvalue weighted by Gasteiger charge is -2.10. The van der Waals surface area contributed by atoms with Crippen LogP contribution in [0.1, 0.15) is 23.0 Å². The van der Waals surface area contributed by atoms with Gasteiger partial charge in [-0.1, -0.05) is 0 Å². The molecule has 0 spiro atoms. The first kappa shape index (κ1) is 12.2. The van der Waals surface area contributed by atoms with Crippen molar-refractivity contribution >= 4 is 5.97 Å². The summed E-state index contributed by atoms with van der Waals surface area (Å²) >= 11 is 0. The second-order valence-electron chi connectivity index (χ2n) is 2.86. The van der Waals surface area contributed by atoms with Gasteiger partial charge in [-0.3, -0.25) is 9.36 Å². The summed E-state index contributed by atoms with van der Waals surface area (Å²) < 4.78 is 37.8. The Balaban J connectivity index is 3.61. The van der Waals surface area contributed by atoms with E-state index in [0.29, 0.717) is 6.33 Å². The normalized spacial score (nSPS) is 11.5.